The van der Waals surface area contributed by atoms with Crippen molar-refractivity contribution >= 4 is 60.5 Å². The number of hydrogen-bond donors (Lipinski definition) is 3. The van der Waals surface area contributed by atoms with Crippen molar-refractivity contribution in [3.63, 3.8) is 0 Å². The molecular formula is C22H24N6O6S3. The summed E-state index contributed by atoms with van der Waals surface area (Å²) in [5, 5.41) is 22.6. The highest BCUT2D eigenvalue weighted by atomic mass is 32.2. The molecule has 0 spiro atoms. The van der Waals surface area contributed by atoms with E-state index >= 15 is 0 Å². The lowest BCUT2D eigenvalue weighted by Crippen LogP contribution is -2.59. The number of rotatable bonds is 5. The second kappa shape index (κ2) is 9.64. The summed E-state index contributed by atoms with van der Waals surface area (Å²) in [5.74, 6) is -1.84. The van der Waals surface area contributed by atoms with Crippen LogP contribution in [0, 0.1) is 0 Å². The second-order valence-electron chi connectivity index (χ2n) is 8.90. The summed E-state index contributed by atoms with van der Waals surface area (Å²) in [7, 11) is -2.18. The zero-order chi connectivity index (χ0) is 26.5. The number of amides is 1. The third-order valence-electron chi connectivity index (χ3n) is 6.47. The zero-order valence-electron chi connectivity index (χ0n) is 19.7. The molecule has 37 heavy (non-hydrogen) atoms. The van der Waals surface area contributed by atoms with Crippen LogP contribution in [-0.4, -0.2) is 94.8 Å². The maximum absolute atomic E-state index is 13.5. The molecule has 2 aromatic heterocycles. The molecule has 5 rings (SSSR count). The van der Waals surface area contributed by atoms with Crippen molar-refractivity contribution in [3.05, 3.63) is 45.4 Å². The quantitative estimate of drug-likeness (QED) is 0.177. The van der Waals surface area contributed by atoms with Gasteiger partial charge in [-0.1, -0.05) is 5.16 Å². The summed E-state index contributed by atoms with van der Waals surface area (Å²) in [6, 6.07) is 4.85. The number of nitrogens with zero attached hydrogens (tertiary/aromatic N) is 5. The first-order valence-corrected chi connectivity index (χ1v) is 14.4. The Kier molecular flexibility index (Phi) is 6.66. The van der Waals surface area contributed by atoms with Gasteiger partial charge in [0.05, 0.1) is 5.69 Å². The number of aliphatic carboxylic acids is 1. The number of nitrogens with two attached hydrogens (primary N) is 1. The van der Waals surface area contributed by atoms with Gasteiger partial charge < -0.3 is 25.8 Å². The van der Waals surface area contributed by atoms with Crippen molar-refractivity contribution in [1.82, 2.24) is 19.1 Å². The molecule has 12 nitrogen and oxygen atoms in total. The number of benzene rings is 1. The van der Waals surface area contributed by atoms with E-state index in [2.05, 4.69) is 15.0 Å². The molecule has 1 aromatic carbocycles. The molecule has 196 valence electrons. The van der Waals surface area contributed by atoms with Crippen LogP contribution in [0.2, 0.25) is 0 Å². The lowest BCUT2D eigenvalue weighted by atomic mass is 10.1. The molecule has 4 heterocycles. The van der Waals surface area contributed by atoms with Gasteiger partial charge in [0.2, 0.25) is 0 Å². The fourth-order valence-electron chi connectivity index (χ4n) is 4.47. The summed E-state index contributed by atoms with van der Waals surface area (Å²) < 4.78 is 28.6. The van der Waals surface area contributed by atoms with E-state index in [-0.39, 0.29) is 35.6 Å². The molecule has 1 fully saturated rings. The lowest BCUT2D eigenvalue weighted by molar-refractivity contribution is -0.142. The Morgan fingerprint density at radius 3 is 2.70 bits per heavy atom. The molecule has 1 amide bonds. The number of sulfonamides is 1. The molecule has 0 aliphatic carbocycles. The highest BCUT2D eigenvalue weighted by molar-refractivity contribution is 7.91. The Balaban J connectivity index is 1.39. The van der Waals surface area contributed by atoms with Gasteiger partial charge in [-0.05, 0) is 36.7 Å². The van der Waals surface area contributed by atoms with E-state index < -0.39 is 22.0 Å². The van der Waals surface area contributed by atoms with E-state index in [0.717, 1.165) is 39.2 Å². The van der Waals surface area contributed by atoms with Crippen LogP contribution < -0.4 is 5.73 Å². The van der Waals surface area contributed by atoms with Gasteiger partial charge in [0.15, 0.2) is 10.8 Å². The number of piperazine rings is 1. The van der Waals surface area contributed by atoms with E-state index in [9.17, 15) is 23.1 Å². The van der Waals surface area contributed by atoms with Gasteiger partial charge in [0, 0.05) is 54.3 Å². The van der Waals surface area contributed by atoms with Crippen LogP contribution in [0.15, 0.2) is 33.6 Å². The minimum absolute atomic E-state index is 0.0260. The number of carbonyl (C=O) groups excluding carboxylic acids is 1. The molecule has 15 heteroatoms. The number of thiophene rings is 1. The lowest BCUT2D eigenvalue weighted by Gasteiger charge is -2.37. The van der Waals surface area contributed by atoms with Gasteiger partial charge >= 0.3 is 5.97 Å². The Morgan fingerprint density at radius 1 is 1.19 bits per heavy atom. The van der Waals surface area contributed by atoms with Crippen LogP contribution in [0.4, 0.5) is 0 Å². The number of aromatic nitrogens is 1. The van der Waals surface area contributed by atoms with Crippen LogP contribution in [0.5, 0.6) is 0 Å². The molecule has 1 atom stereocenters. The Bertz CT molecular complexity index is 1530. The minimum atomic E-state index is -4.18. The summed E-state index contributed by atoms with van der Waals surface area (Å²) in [5.41, 5.74) is 6.94. The molecule has 2 aliphatic rings. The van der Waals surface area contributed by atoms with E-state index in [1.54, 1.807) is 18.2 Å². The first-order valence-electron chi connectivity index (χ1n) is 11.3. The highest BCUT2D eigenvalue weighted by Gasteiger charge is 2.42. The maximum Gasteiger partial charge on any atom is 0.323 e. The van der Waals surface area contributed by atoms with Crippen LogP contribution in [0.25, 0.3) is 10.1 Å². The number of oxime groups is 1. The van der Waals surface area contributed by atoms with Crippen molar-refractivity contribution in [2.24, 2.45) is 10.9 Å². The van der Waals surface area contributed by atoms with E-state index in [4.69, 9.17) is 10.9 Å². The Morgan fingerprint density at radius 2 is 1.97 bits per heavy atom. The van der Waals surface area contributed by atoms with Crippen LogP contribution in [0.1, 0.15) is 25.9 Å². The molecule has 0 bridgehead atoms. The fourth-order valence-corrected chi connectivity index (χ4v) is 8.70. The monoisotopic (exact) mass is 564 g/mol. The molecular weight excluding hydrogens is 540 g/mol. The van der Waals surface area contributed by atoms with Crippen molar-refractivity contribution in [2.75, 3.05) is 33.2 Å². The largest absolute Gasteiger partial charge is 0.480 e. The maximum atomic E-state index is 13.5. The van der Waals surface area contributed by atoms with Crippen LogP contribution in [0.3, 0.4) is 0 Å². The topological polar surface area (TPSA) is 170 Å². The SMILES string of the molecule is CN1CCc2nc(C(=O)N3CCN(S(=O)(=O)c4cc5cc(C(N)=NO)ccc5s4)C(C(=O)O)C3)sc2C1. The molecule has 1 unspecified atom stereocenters. The molecule has 1 saturated heterocycles. The number of carboxylic acids is 1. The van der Waals surface area contributed by atoms with E-state index in [0.29, 0.717) is 27.2 Å². The average molecular weight is 565 g/mol. The van der Waals surface area contributed by atoms with Gasteiger partial charge in [-0.25, -0.2) is 13.4 Å². The van der Waals surface area contributed by atoms with Gasteiger partial charge in [-0.2, -0.15) is 4.31 Å². The van der Waals surface area contributed by atoms with E-state index in [1.165, 1.54) is 22.3 Å². The van der Waals surface area contributed by atoms with Crippen molar-refractivity contribution in [1.29, 1.82) is 0 Å². The zero-order valence-corrected chi connectivity index (χ0v) is 22.1. The summed E-state index contributed by atoms with van der Waals surface area (Å²) in [6.45, 7) is 1.16. The molecule has 2 aliphatic heterocycles. The number of amidine groups is 1. The van der Waals surface area contributed by atoms with Crippen molar-refractivity contribution in [2.45, 2.75) is 23.2 Å². The standard InChI is InChI=1S/C22H24N6O6S3/c1-26-5-4-14-17(11-26)36-20(24-14)21(29)27-6-7-28(15(10-27)22(30)31)37(33,34)18-9-13-8-12(19(23)25-32)2-3-16(13)35-18/h2-3,8-9,15,32H,4-7,10-11H2,1H3,(H2,23,25)(H,30,31). The average Bonchev–Trinajstić information content (AvgIpc) is 3.51. The minimum Gasteiger partial charge on any atom is -0.480 e. The van der Waals surface area contributed by atoms with Gasteiger partial charge in [-0.15, -0.1) is 22.7 Å². The molecule has 3 aromatic rings. The highest BCUT2D eigenvalue weighted by Crippen LogP contribution is 2.33. The molecule has 0 saturated carbocycles. The predicted octanol–water partition coefficient (Wildman–Crippen LogP) is 1.04. The second-order valence-corrected chi connectivity index (χ2v) is 13.2. The number of carbonyl (C=O) groups is 2. The van der Waals surface area contributed by atoms with E-state index in [1.807, 2.05) is 7.05 Å². The van der Waals surface area contributed by atoms with Crippen LogP contribution >= 0.6 is 22.7 Å². The molecule has 0 radical (unpaired) electrons. The number of hydrogen-bond acceptors (Lipinski definition) is 10. The van der Waals surface area contributed by atoms with Crippen molar-refractivity contribution in [3.8, 4) is 0 Å². The van der Waals surface area contributed by atoms with Crippen molar-refractivity contribution < 1.29 is 28.3 Å². The fraction of sp³-hybridized carbons (Fsp3) is 0.364. The summed E-state index contributed by atoms with van der Waals surface area (Å²) in [6.07, 6.45) is 0.745. The Labute approximate surface area is 220 Å². The van der Waals surface area contributed by atoms with Gasteiger partial charge in [0.25, 0.3) is 15.9 Å². The number of carboxylic acid groups (broad SMARTS) is 1. The predicted molar refractivity (Wildman–Crippen MR) is 138 cm³/mol. The molecule has 4 N–H and O–H groups in total. The number of fused-ring (bicyclic) bond motifs is 2. The van der Waals surface area contributed by atoms with Crippen LogP contribution in [-0.2, 0) is 27.8 Å². The summed E-state index contributed by atoms with van der Waals surface area (Å²) >= 11 is 2.31. The number of likely N-dealkylation sites (N-methyl/N-ethyl adjacent to an activating group) is 1. The first kappa shape index (κ1) is 25.5. The smallest absolute Gasteiger partial charge is 0.323 e. The third-order valence-corrected chi connectivity index (χ3v) is 11.0. The number of thiazole rings is 1. The Hall–Kier alpha value is -3.11. The normalized spacial score (nSPS) is 19.8. The van der Waals surface area contributed by atoms with Gasteiger partial charge in [-0.3, -0.25) is 9.59 Å². The summed E-state index contributed by atoms with van der Waals surface area (Å²) in [4.78, 5) is 34.4. The third kappa shape index (κ3) is 4.68. The van der Waals surface area contributed by atoms with Gasteiger partial charge in [0.1, 0.15) is 10.3 Å². The first-order chi connectivity index (χ1) is 17.6.